The van der Waals surface area contributed by atoms with Crippen LogP contribution in [0.4, 0.5) is 5.69 Å². The predicted molar refractivity (Wildman–Crippen MR) is 133 cm³/mol. The lowest BCUT2D eigenvalue weighted by molar-refractivity contribution is -0.136. The molecule has 2 heterocycles. The molecule has 1 saturated heterocycles. The topological polar surface area (TPSA) is 103 Å². The smallest absolute Gasteiger partial charge is 0.263 e. The molecule has 0 saturated carbocycles. The van der Waals surface area contributed by atoms with E-state index < -0.39 is 0 Å². The minimum atomic E-state index is -0.166. The molecule has 9 heteroatoms. The van der Waals surface area contributed by atoms with Gasteiger partial charge in [-0.05, 0) is 42.5 Å². The lowest BCUT2D eigenvalue weighted by Gasteiger charge is -2.35. The number of hydrogen-bond donors (Lipinski definition) is 1. The largest absolute Gasteiger partial charge is 0.497 e. The summed E-state index contributed by atoms with van der Waals surface area (Å²) < 4.78 is 11.0. The molecule has 2 aromatic carbocycles. The van der Waals surface area contributed by atoms with Crippen molar-refractivity contribution in [2.45, 2.75) is 6.61 Å². The zero-order valence-electron chi connectivity index (χ0n) is 19.7. The minimum absolute atomic E-state index is 0.121. The third-order valence-corrected chi connectivity index (χ3v) is 5.68. The number of aromatic nitrogens is 1. The molecule has 182 valence electrons. The standard InChI is InChI=1S/C26H29N5O4/c1-33-23-9-7-22(8-10-23)30-12-14-31(15-13-30)25(32)19-35-29-26(27)21-5-2-6-24(16-21)34-18-20-4-3-11-28-17-20/h2-11,16-17H,12-15,18-19H2,1H3,(H2,27,29). The summed E-state index contributed by atoms with van der Waals surface area (Å²) >= 11 is 0. The summed E-state index contributed by atoms with van der Waals surface area (Å²) in [6, 6.07) is 19.0. The second-order valence-electron chi connectivity index (χ2n) is 7.99. The van der Waals surface area contributed by atoms with Crippen LogP contribution in [0.25, 0.3) is 0 Å². The van der Waals surface area contributed by atoms with Crippen LogP contribution in [0.3, 0.4) is 0 Å². The van der Waals surface area contributed by atoms with Gasteiger partial charge in [-0.25, -0.2) is 0 Å². The number of nitrogens with zero attached hydrogens (tertiary/aromatic N) is 4. The molecular weight excluding hydrogens is 446 g/mol. The van der Waals surface area contributed by atoms with E-state index in [4.69, 9.17) is 20.0 Å². The fraction of sp³-hybridized carbons (Fsp3) is 0.269. The first-order valence-corrected chi connectivity index (χ1v) is 11.4. The molecule has 0 aliphatic carbocycles. The Hall–Kier alpha value is -4.27. The van der Waals surface area contributed by atoms with E-state index in [-0.39, 0.29) is 18.3 Å². The number of anilines is 1. The maximum Gasteiger partial charge on any atom is 0.263 e. The number of pyridine rings is 1. The highest BCUT2D eigenvalue weighted by atomic mass is 16.6. The molecule has 0 atom stereocenters. The molecule has 1 aliphatic heterocycles. The fourth-order valence-electron chi connectivity index (χ4n) is 3.70. The van der Waals surface area contributed by atoms with E-state index in [2.05, 4.69) is 15.0 Å². The van der Waals surface area contributed by atoms with E-state index in [9.17, 15) is 4.79 Å². The lowest BCUT2D eigenvalue weighted by Crippen LogP contribution is -2.49. The van der Waals surface area contributed by atoms with E-state index in [1.165, 1.54) is 0 Å². The number of amides is 1. The van der Waals surface area contributed by atoms with Gasteiger partial charge in [0, 0.05) is 55.4 Å². The third kappa shape index (κ3) is 6.63. The van der Waals surface area contributed by atoms with Crippen molar-refractivity contribution < 1.29 is 19.1 Å². The lowest BCUT2D eigenvalue weighted by atomic mass is 10.2. The highest BCUT2D eigenvalue weighted by molar-refractivity contribution is 5.97. The van der Waals surface area contributed by atoms with Crippen molar-refractivity contribution in [1.82, 2.24) is 9.88 Å². The van der Waals surface area contributed by atoms with Gasteiger partial charge in [-0.3, -0.25) is 9.78 Å². The van der Waals surface area contributed by atoms with Crippen LogP contribution in [0.2, 0.25) is 0 Å². The van der Waals surface area contributed by atoms with E-state index >= 15 is 0 Å². The number of amidine groups is 1. The van der Waals surface area contributed by atoms with Gasteiger partial charge in [0.05, 0.1) is 7.11 Å². The Kier molecular flexibility index (Phi) is 8.00. The van der Waals surface area contributed by atoms with Gasteiger partial charge in [0.1, 0.15) is 18.1 Å². The van der Waals surface area contributed by atoms with E-state index in [0.29, 0.717) is 31.0 Å². The molecule has 1 amide bonds. The molecule has 1 aliphatic rings. The van der Waals surface area contributed by atoms with Gasteiger partial charge in [-0.2, -0.15) is 0 Å². The Bertz CT molecular complexity index is 1130. The Morgan fingerprint density at radius 2 is 1.83 bits per heavy atom. The molecule has 1 fully saturated rings. The second-order valence-corrected chi connectivity index (χ2v) is 7.99. The number of ether oxygens (including phenoxy) is 2. The van der Waals surface area contributed by atoms with Gasteiger partial charge in [0.2, 0.25) is 0 Å². The minimum Gasteiger partial charge on any atom is -0.497 e. The Morgan fingerprint density at radius 3 is 2.54 bits per heavy atom. The normalized spacial score (nSPS) is 13.9. The molecule has 3 aromatic rings. The number of methoxy groups -OCH3 is 1. The van der Waals surface area contributed by atoms with Gasteiger partial charge < -0.3 is 29.8 Å². The monoisotopic (exact) mass is 475 g/mol. The number of rotatable bonds is 9. The number of carbonyl (C=O) groups excluding carboxylic acids is 1. The summed E-state index contributed by atoms with van der Waals surface area (Å²) in [6.45, 7) is 2.95. The van der Waals surface area contributed by atoms with E-state index in [1.54, 1.807) is 36.5 Å². The highest BCUT2D eigenvalue weighted by Crippen LogP contribution is 2.20. The van der Waals surface area contributed by atoms with Crippen molar-refractivity contribution in [3.63, 3.8) is 0 Å². The summed E-state index contributed by atoms with van der Waals surface area (Å²) in [4.78, 5) is 25.9. The number of oxime groups is 1. The summed E-state index contributed by atoms with van der Waals surface area (Å²) in [7, 11) is 1.65. The van der Waals surface area contributed by atoms with Crippen molar-refractivity contribution in [1.29, 1.82) is 0 Å². The van der Waals surface area contributed by atoms with Crippen LogP contribution in [0, 0.1) is 0 Å². The number of piperazine rings is 1. The average Bonchev–Trinajstić information content (AvgIpc) is 2.92. The highest BCUT2D eigenvalue weighted by Gasteiger charge is 2.21. The van der Waals surface area contributed by atoms with Gasteiger partial charge in [0.25, 0.3) is 5.91 Å². The molecule has 0 radical (unpaired) electrons. The number of carbonyl (C=O) groups is 1. The number of hydrogen-bond acceptors (Lipinski definition) is 7. The maximum absolute atomic E-state index is 12.5. The second kappa shape index (κ2) is 11.7. The predicted octanol–water partition coefficient (Wildman–Crippen LogP) is 2.65. The van der Waals surface area contributed by atoms with E-state index in [1.807, 2.05) is 48.5 Å². The van der Waals surface area contributed by atoms with E-state index in [0.717, 1.165) is 30.1 Å². The first-order valence-electron chi connectivity index (χ1n) is 11.4. The first-order chi connectivity index (χ1) is 17.1. The number of benzene rings is 2. The van der Waals surface area contributed by atoms with Crippen LogP contribution in [0.5, 0.6) is 11.5 Å². The van der Waals surface area contributed by atoms with Crippen LogP contribution in [-0.4, -0.2) is 61.5 Å². The summed E-state index contributed by atoms with van der Waals surface area (Å²) in [5.41, 5.74) is 8.78. The Balaban J connectivity index is 1.23. The summed E-state index contributed by atoms with van der Waals surface area (Å²) in [5.74, 6) is 1.53. The van der Waals surface area contributed by atoms with Crippen LogP contribution in [0.1, 0.15) is 11.1 Å². The fourth-order valence-corrected chi connectivity index (χ4v) is 3.70. The Labute approximate surface area is 204 Å². The first kappa shape index (κ1) is 23.9. The molecule has 0 unspecified atom stereocenters. The van der Waals surface area contributed by atoms with Crippen LogP contribution >= 0.6 is 0 Å². The average molecular weight is 476 g/mol. The van der Waals surface area contributed by atoms with Crippen molar-refractivity contribution in [3.8, 4) is 11.5 Å². The number of nitrogens with two attached hydrogens (primary N) is 1. The van der Waals surface area contributed by atoms with Crippen molar-refractivity contribution >= 4 is 17.4 Å². The van der Waals surface area contributed by atoms with Crippen molar-refractivity contribution in [2.75, 3.05) is 44.8 Å². The van der Waals surface area contributed by atoms with Gasteiger partial charge in [-0.1, -0.05) is 23.4 Å². The van der Waals surface area contributed by atoms with Crippen LogP contribution in [0.15, 0.2) is 78.2 Å². The molecule has 1 aromatic heterocycles. The quantitative estimate of drug-likeness (QED) is 0.288. The van der Waals surface area contributed by atoms with Crippen LogP contribution in [-0.2, 0) is 16.2 Å². The third-order valence-electron chi connectivity index (χ3n) is 5.68. The molecule has 0 spiro atoms. The molecule has 4 rings (SSSR count). The molecule has 9 nitrogen and oxygen atoms in total. The van der Waals surface area contributed by atoms with Crippen LogP contribution < -0.4 is 20.1 Å². The SMILES string of the molecule is COc1ccc(N2CCN(C(=O)CO/N=C(\N)c3cccc(OCc4cccnc4)c3)CC2)cc1. The molecule has 2 N–H and O–H groups in total. The van der Waals surface area contributed by atoms with Crippen molar-refractivity contribution in [2.24, 2.45) is 10.9 Å². The Morgan fingerprint density at radius 1 is 1.03 bits per heavy atom. The summed E-state index contributed by atoms with van der Waals surface area (Å²) in [6.07, 6.45) is 3.47. The zero-order valence-corrected chi connectivity index (χ0v) is 19.7. The summed E-state index contributed by atoms with van der Waals surface area (Å²) in [5, 5.41) is 3.93. The molecule has 35 heavy (non-hydrogen) atoms. The zero-order chi connectivity index (χ0) is 24.5. The van der Waals surface area contributed by atoms with Crippen molar-refractivity contribution in [3.05, 3.63) is 84.2 Å². The van der Waals surface area contributed by atoms with Gasteiger partial charge in [0.15, 0.2) is 12.4 Å². The maximum atomic E-state index is 12.5. The van der Waals surface area contributed by atoms with Gasteiger partial charge in [-0.15, -0.1) is 0 Å². The molecule has 0 bridgehead atoms. The molecular formula is C26H29N5O4. The van der Waals surface area contributed by atoms with Gasteiger partial charge >= 0.3 is 0 Å².